The molecule has 3 rings (SSSR count). The Morgan fingerprint density at radius 2 is 1.97 bits per heavy atom. The summed E-state index contributed by atoms with van der Waals surface area (Å²) >= 11 is 0. The molecule has 0 saturated carbocycles. The number of rotatable bonds is 7. The number of aliphatic imine (C=N–C) groups is 1. The minimum atomic E-state index is 0.328. The summed E-state index contributed by atoms with van der Waals surface area (Å²) in [6, 6.07) is 8.61. The SMILES string of the molecule is CN=C(NCCCN1CC(C)OC(C)C1)NC1CCN(c2ccccc2OC)C1. The van der Waals surface area contributed by atoms with Gasteiger partial charge in [-0.25, -0.2) is 0 Å². The summed E-state index contributed by atoms with van der Waals surface area (Å²) in [7, 11) is 3.57. The number of anilines is 1. The molecule has 2 fully saturated rings. The van der Waals surface area contributed by atoms with E-state index in [0.29, 0.717) is 18.2 Å². The Morgan fingerprint density at radius 3 is 2.69 bits per heavy atom. The Morgan fingerprint density at radius 1 is 1.21 bits per heavy atom. The second-order valence-electron chi connectivity index (χ2n) is 8.12. The van der Waals surface area contributed by atoms with Gasteiger partial charge in [-0.15, -0.1) is 0 Å². The average Bonchev–Trinajstić information content (AvgIpc) is 3.18. The quantitative estimate of drug-likeness (QED) is 0.412. The van der Waals surface area contributed by atoms with Crippen molar-refractivity contribution in [2.75, 3.05) is 58.3 Å². The summed E-state index contributed by atoms with van der Waals surface area (Å²) in [6.45, 7) is 10.3. The van der Waals surface area contributed by atoms with Gasteiger partial charge in [0, 0.05) is 52.4 Å². The molecule has 2 N–H and O–H groups in total. The van der Waals surface area contributed by atoms with Crippen LogP contribution >= 0.6 is 0 Å². The summed E-state index contributed by atoms with van der Waals surface area (Å²) in [5.74, 6) is 1.82. The van der Waals surface area contributed by atoms with Crippen molar-refractivity contribution < 1.29 is 9.47 Å². The molecule has 1 aromatic rings. The van der Waals surface area contributed by atoms with Gasteiger partial charge in [0.25, 0.3) is 0 Å². The molecule has 3 atom stereocenters. The molecule has 2 saturated heterocycles. The van der Waals surface area contributed by atoms with E-state index in [0.717, 1.165) is 69.5 Å². The van der Waals surface area contributed by atoms with Crippen molar-refractivity contribution in [2.24, 2.45) is 4.99 Å². The van der Waals surface area contributed by atoms with Crippen molar-refractivity contribution in [3.63, 3.8) is 0 Å². The lowest BCUT2D eigenvalue weighted by Gasteiger charge is -2.35. The van der Waals surface area contributed by atoms with Crippen molar-refractivity contribution in [1.82, 2.24) is 15.5 Å². The number of nitrogens with zero attached hydrogens (tertiary/aromatic N) is 3. The lowest BCUT2D eigenvalue weighted by molar-refractivity contribution is -0.0679. The summed E-state index contributed by atoms with van der Waals surface area (Å²) in [6.07, 6.45) is 2.84. The van der Waals surface area contributed by atoms with Gasteiger partial charge in [-0.1, -0.05) is 12.1 Å². The number of hydrogen-bond acceptors (Lipinski definition) is 5. The molecule has 0 aliphatic carbocycles. The van der Waals surface area contributed by atoms with E-state index in [9.17, 15) is 0 Å². The van der Waals surface area contributed by atoms with Gasteiger partial charge in [0.15, 0.2) is 5.96 Å². The standard InChI is InChI=1S/C22H37N5O2/c1-17-14-26(15-18(2)29-17)12-7-11-24-22(23-3)25-19-10-13-27(16-19)20-8-5-6-9-21(20)28-4/h5-6,8-9,17-19H,7,10-16H2,1-4H3,(H2,23,24,25). The molecule has 7 nitrogen and oxygen atoms in total. The molecule has 7 heteroatoms. The zero-order chi connectivity index (χ0) is 20.6. The molecule has 3 unspecified atom stereocenters. The van der Waals surface area contributed by atoms with Gasteiger partial charge in [-0.3, -0.25) is 9.89 Å². The highest BCUT2D eigenvalue weighted by atomic mass is 16.5. The molecule has 2 aliphatic heterocycles. The number of ether oxygens (including phenoxy) is 2. The monoisotopic (exact) mass is 403 g/mol. The first-order valence-electron chi connectivity index (χ1n) is 10.8. The molecule has 2 heterocycles. The number of nitrogens with one attached hydrogen (secondary N) is 2. The predicted octanol–water partition coefficient (Wildman–Crippen LogP) is 1.94. The van der Waals surface area contributed by atoms with Crippen LogP contribution in [0.25, 0.3) is 0 Å². The van der Waals surface area contributed by atoms with E-state index in [1.165, 1.54) is 0 Å². The Kier molecular flexibility index (Phi) is 8.00. The first-order chi connectivity index (χ1) is 14.1. The topological polar surface area (TPSA) is 61.4 Å². The zero-order valence-corrected chi connectivity index (χ0v) is 18.4. The fourth-order valence-electron chi connectivity index (χ4n) is 4.35. The molecule has 162 valence electrons. The first kappa shape index (κ1) is 21.7. The first-order valence-corrected chi connectivity index (χ1v) is 10.8. The minimum Gasteiger partial charge on any atom is -0.495 e. The van der Waals surface area contributed by atoms with E-state index >= 15 is 0 Å². The Bertz CT molecular complexity index is 658. The maximum absolute atomic E-state index is 5.81. The Hall–Kier alpha value is -1.99. The molecule has 0 aromatic heterocycles. The maximum Gasteiger partial charge on any atom is 0.191 e. The fraction of sp³-hybridized carbons (Fsp3) is 0.682. The van der Waals surface area contributed by atoms with Crippen molar-refractivity contribution in [1.29, 1.82) is 0 Å². The summed E-state index contributed by atoms with van der Waals surface area (Å²) in [4.78, 5) is 9.29. The van der Waals surface area contributed by atoms with Crippen molar-refractivity contribution in [3.05, 3.63) is 24.3 Å². The zero-order valence-electron chi connectivity index (χ0n) is 18.4. The number of guanidine groups is 1. The van der Waals surface area contributed by atoms with Crippen LogP contribution in [0.3, 0.4) is 0 Å². The summed E-state index contributed by atoms with van der Waals surface area (Å²) in [5.41, 5.74) is 1.16. The average molecular weight is 404 g/mol. The van der Waals surface area contributed by atoms with Gasteiger partial charge in [-0.2, -0.15) is 0 Å². The molecule has 2 aliphatic rings. The van der Waals surface area contributed by atoms with Crippen LogP contribution in [-0.2, 0) is 4.74 Å². The molecule has 0 radical (unpaired) electrons. The maximum atomic E-state index is 5.81. The second-order valence-corrected chi connectivity index (χ2v) is 8.12. The van der Waals surface area contributed by atoms with E-state index in [-0.39, 0.29) is 0 Å². The highest BCUT2D eigenvalue weighted by molar-refractivity contribution is 5.80. The smallest absolute Gasteiger partial charge is 0.191 e. The van der Waals surface area contributed by atoms with E-state index in [2.05, 4.69) is 51.4 Å². The van der Waals surface area contributed by atoms with Crippen LogP contribution in [-0.4, -0.2) is 82.5 Å². The lowest BCUT2D eigenvalue weighted by atomic mass is 10.2. The Balaban J connectivity index is 1.39. The fourth-order valence-corrected chi connectivity index (χ4v) is 4.35. The number of hydrogen-bond donors (Lipinski definition) is 2. The second kappa shape index (κ2) is 10.7. The van der Waals surface area contributed by atoms with Crippen LogP contribution in [0, 0.1) is 0 Å². The molecular weight excluding hydrogens is 366 g/mol. The molecule has 0 bridgehead atoms. The largest absolute Gasteiger partial charge is 0.495 e. The number of morpholine rings is 1. The number of methoxy groups -OCH3 is 1. The minimum absolute atomic E-state index is 0.328. The Labute approximate surface area is 175 Å². The molecular formula is C22H37N5O2. The highest BCUT2D eigenvalue weighted by Crippen LogP contribution is 2.30. The molecule has 29 heavy (non-hydrogen) atoms. The van der Waals surface area contributed by atoms with Gasteiger partial charge < -0.3 is 25.0 Å². The third-order valence-electron chi connectivity index (χ3n) is 5.62. The normalized spacial score (nSPS) is 25.9. The van der Waals surface area contributed by atoms with Crippen LogP contribution in [0.4, 0.5) is 5.69 Å². The van der Waals surface area contributed by atoms with E-state index in [4.69, 9.17) is 9.47 Å². The van der Waals surface area contributed by atoms with Crippen molar-refractivity contribution in [2.45, 2.75) is 44.9 Å². The number of para-hydroxylation sites is 2. The van der Waals surface area contributed by atoms with Crippen LogP contribution in [0.5, 0.6) is 5.75 Å². The summed E-state index contributed by atoms with van der Waals surface area (Å²) < 4.78 is 11.3. The van der Waals surface area contributed by atoms with Gasteiger partial charge in [0.2, 0.25) is 0 Å². The van der Waals surface area contributed by atoms with Crippen LogP contribution in [0.15, 0.2) is 29.3 Å². The van der Waals surface area contributed by atoms with Gasteiger partial charge in [-0.05, 0) is 38.8 Å². The van der Waals surface area contributed by atoms with Crippen LogP contribution < -0.4 is 20.3 Å². The van der Waals surface area contributed by atoms with Gasteiger partial charge >= 0.3 is 0 Å². The van der Waals surface area contributed by atoms with Crippen LogP contribution in [0.2, 0.25) is 0 Å². The third kappa shape index (κ3) is 6.24. The van der Waals surface area contributed by atoms with Crippen LogP contribution in [0.1, 0.15) is 26.7 Å². The van der Waals surface area contributed by atoms with E-state index in [1.807, 2.05) is 19.2 Å². The van der Waals surface area contributed by atoms with Crippen molar-refractivity contribution in [3.8, 4) is 5.75 Å². The lowest BCUT2D eigenvalue weighted by Crippen LogP contribution is -2.47. The van der Waals surface area contributed by atoms with Crippen molar-refractivity contribution >= 4 is 11.6 Å². The summed E-state index contributed by atoms with van der Waals surface area (Å²) in [5, 5.41) is 7.05. The molecule has 0 amide bonds. The van der Waals surface area contributed by atoms with Gasteiger partial charge in [0.1, 0.15) is 5.75 Å². The third-order valence-corrected chi connectivity index (χ3v) is 5.62. The van der Waals surface area contributed by atoms with Gasteiger partial charge in [0.05, 0.1) is 25.0 Å². The van der Waals surface area contributed by atoms with E-state index in [1.54, 1.807) is 7.11 Å². The van der Waals surface area contributed by atoms with E-state index < -0.39 is 0 Å². The molecule has 1 aromatic carbocycles. The molecule has 0 spiro atoms. The number of benzene rings is 1. The highest BCUT2D eigenvalue weighted by Gasteiger charge is 2.25. The predicted molar refractivity (Wildman–Crippen MR) is 119 cm³/mol.